The van der Waals surface area contributed by atoms with Crippen molar-refractivity contribution in [1.82, 2.24) is 4.90 Å². The molecule has 94 valence electrons. The molecule has 16 heavy (non-hydrogen) atoms. The van der Waals surface area contributed by atoms with Gasteiger partial charge < -0.3 is 5.11 Å². The smallest absolute Gasteiger partial charge is 0.0667 e. The maximum Gasteiger partial charge on any atom is 0.0667 e. The fourth-order valence-corrected chi connectivity index (χ4v) is 3.65. The van der Waals surface area contributed by atoms with Crippen molar-refractivity contribution in [3.05, 3.63) is 0 Å². The van der Waals surface area contributed by atoms with Crippen LogP contribution in [-0.2, 0) is 0 Å². The van der Waals surface area contributed by atoms with Gasteiger partial charge >= 0.3 is 0 Å². The molecule has 1 saturated heterocycles. The third kappa shape index (κ3) is 2.98. The van der Waals surface area contributed by atoms with E-state index in [0.29, 0.717) is 0 Å². The maximum atomic E-state index is 9.95. The normalized spacial score (nSPS) is 33.4. The Balaban J connectivity index is 1.87. The molecule has 3 atom stereocenters. The SMILES string of the molecule is CCCC(O)CN1CCCC2CCCCC21. The number of nitrogens with zero attached hydrogens (tertiary/aromatic N) is 1. The molecule has 0 aromatic rings. The predicted molar refractivity (Wildman–Crippen MR) is 67.5 cm³/mol. The number of β-amino-alcohol motifs (C(OH)–C–C–N with tert-alkyl or cyclic N) is 1. The second-order valence-corrected chi connectivity index (χ2v) is 5.69. The van der Waals surface area contributed by atoms with Gasteiger partial charge in [-0.05, 0) is 44.6 Å². The molecular weight excluding hydrogens is 198 g/mol. The molecule has 0 amide bonds. The number of aliphatic hydroxyl groups is 1. The van der Waals surface area contributed by atoms with Crippen LogP contribution in [0.2, 0.25) is 0 Å². The van der Waals surface area contributed by atoms with Crippen molar-refractivity contribution in [3.63, 3.8) is 0 Å². The number of rotatable bonds is 4. The first-order chi connectivity index (χ1) is 7.81. The lowest BCUT2D eigenvalue weighted by Gasteiger charge is -2.44. The summed E-state index contributed by atoms with van der Waals surface area (Å²) >= 11 is 0. The number of aliphatic hydroxyl groups excluding tert-OH is 1. The molecule has 1 heterocycles. The molecule has 0 aromatic carbocycles. The molecule has 2 rings (SSSR count). The van der Waals surface area contributed by atoms with Gasteiger partial charge in [0.2, 0.25) is 0 Å². The third-order valence-electron chi connectivity index (χ3n) is 4.43. The van der Waals surface area contributed by atoms with E-state index in [2.05, 4.69) is 11.8 Å². The standard InChI is InChI=1S/C14H27NO/c1-2-6-13(16)11-15-10-5-8-12-7-3-4-9-14(12)15/h12-14,16H,2-11H2,1H3. The van der Waals surface area contributed by atoms with Gasteiger partial charge in [0, 0.05) is 12.6 Å². The van der Waals surface area contributed by atoms with Crippen LogP contribution in [0, 0.1) is 5.92 Å². The minimum absolute atomic E-state index is 0.0920. The quantitative estimate of drug-likeness (QED) is 0.795. The zero-order valence-corrected chi connectivity index (χ0v) is 10.7. The van der Waals surface area contributed by atoms with Crippen LogP contribution >= 0.6 is 0 Å². The summed E-state index contributed by atoms with van der Waals surface area (Å²) < 4.78 is 0. The Kier molecular flexibility index (Phi) is 4.66. The van der Waals surface area contributed by atoms with Crippen molar-refractivity contribution in [1.29, 1.82) is 0 Å². The molecule has 2 nitrogen and oxygen atoms in total. The van der Waals surface area contributed by atoms with Gasteiger partial charge in [0.1, 0.15) is 0 Å². The number of hydrogen-bond acceptors (Lipinski definition) is 2. The zero-order chi connectivity index (χ0) is 11.4. The molecule has 0 aromatic heterocycles. The lowest BCUT2D eigenvalue weighted by atomic mass is 9.78. The monoisotopic (exact) mass is 225 g/mol. The summed E-state index contributed by atoms with van der Waals surface area (Å²) in [6.45, 7) is 4.31. The van der Waals surface area contributed by atoms with Crippen molar-refractivity contribution in [2.45, 2.75) is 70.4 Å². The van der Waals surface area contributed by atoms with Crippen molar-refractivity contribution < 1.29 is 5.11 Å². The van der Waals surface area contributed by atoms with Gasteiger partial charge in [0.25, 0.3) is 0 Å². The molecule has 3 unspecified atom stereocenters. The highest BCUT2D eigenvalue weighted by atomic mass is 16.3. The van der Waals surface area contributed by atoms with E-state index < -0.39 is 0 Å². The van der Waals surface area contributed by atoms with Crippen molar-refractivity contribution >= 4 is 0 Å². The second kappa shape index (κ2) is 6.02. The Morgan fingerprint density at radius 2 is 1.94 bits per heavy atom. The molecule has 0 bridgehead atoms. The molecule has 2 aliphatic rings. The first-order valence-corrected chi connectivity index (χ1v) is 7.23. The molecule has 1 saturated carbocycles. The molecule has 0 radical (unpaired) electrons. The summed E-state index contributed by atoms with van der Waals surface area (Å²) in [6.07, 6.45) is 10.4. The maximum absolute atomic E-state index is 9.95. The number of hydrogen-bond donors (Lipinski definition) is 1. The van der Waals surface area contributed by atoms with Crippen LogP contribution in [0.15, 0.2) is 0 Å². The Bertz CT molecular complexity index is 205. The van der Waals surface area contributed by atoms with Crippen molar-refractivity contribution in [3.8, 4) is 0 Å². The van der Waals surface area contributed by atoms with E-state index in [-0.39, 0.29) is 6.10 Å². The number of fused-ring (bicyclic) bond motifs is 1. The van der Waals surface area contributed by atoms with Crippen LogP contribution in [0.25, 0.3) is 0 Å². The molecule has 0 spiro atoms. The van der Waals surface area contributed by atoms with E-state index in [1.807, 2.05) is 0 Å². The van der Waals surface area contributed by atoms with E-state index in [9.17, 15) is 5.11 Å². The second-order valence-electron chi connectivity index (χ2n) is 5.69. The lowest BCUT2D eigenvalue weighted by molar-refractivity contribution is 0.0186. The van der Waals surface area contributed by atoms with Gasteiger partial charge in [0.15, 0.2) is 0 Å². The molecule has 1 aliphatic carbocycles. The van der Waals surface area contributed by atoms with Crippen LogP contribution in [-0.4, -0.2) is 35.2 Å². The largest absolute Gasteiger partial charge is 0.392 e. The Hall–Kier alpha value is -0.0800. The van der Waals surface area contributed by atoms with E-state index in [4.69, 9.17) is 0 Å². The molecule has 1 aliphatic heterocycles. The zero-order valence-electron chi connectivity index (χ0n) is 10.7. The van der Waals surface area contributed by atoms with Crippen LogP contribution in [0.5, 0.6) is 0 Å². The van der Waals surface area contributed by atoms with Crippen LogP contribution in [0.3, 0.4) is 0 Å². The average Bonchev–Trinajstić information content (AvgIpc) is 2.30. The van der Waals surface area contributed by atoms with Gasteiger partial charge in [-0.1, -0.05) is 26.2 Å². The summed E-state index contributed by atoms with van der Waals surface area (Å²) in [7, 11) is 0. The van der Waals surface area contributed by atoms with Gasteiger partial charge in [-0.2, -0.15) is 0 Å². The predicted octanol–water partition coefficient (Wildman–Crippen LogP) is 2.80. The average molecular weight is 225 g/mol. The summed E-state index contributed by atoms with van der Waals surface area (Å²) in [5.74, 6) is 0.941. The lowest BCUT2D eigenvalue weighted by Crippen LogP contribution is -2.49. The minimum atomic E-state index is -0.0920. The fourth-order valence-electron chi connectivity index (χ4n) is 3.65. The van der Waals surface area contributed by atoms with E-state index in [1.54, 1.807) is 0 Å². The third-order valence-corrected chi connectivity index (χ3v) is 4.43. The molecule has 2 fully saturated rings. The van der Waals surface area contributed by atoms with Gasteiger partial charge in [-0.15, -0.1) is 0 Å². The van der Waals surface area contributed by atoms with Crippen LogP contribution in [0.4, 0.5) is 0 Å². The first-order valence-electron chi connectivity index (χ1n) is 7.23. The Morgan fingerprint density at radius 1 is 1.19 bits per heavy atom. The van der Waals surface area contributed by atoms with E-state index in [0.717, 1.165) is 31.3 Å². The van der Waals surface area contributed by atoms with Crippen molar-refractivity contribution in [2.24, 2.45) is 5.92 Å². The highest BCUT2D eigenvalue weighted by Crippen LogP contribution is 2.35. The fraction of sp³-hybridized carbons (Fsp3) is 1.00. The topological polar surface area (TPSA) is 23.5 Å². The highest BCUT2D eigenvalue weighted by Gasteiger charge is 2.33. The molecular formula is C14H27NO. The first kappa shape index (κ1) is 12.4. The molecule has 1 N–H and O–H groups in total. The number of likely N-dealkylation sites (tertiary alicyclic amines) is 1. The minimum Gasteiger partial charge on any atom is -0.392 e. The van der Waals surface area contributed by atoms with Crippen LogP contribution < -0.4 is 0 Å². The summed E-state index contributed by atoms with van der Waals surface area (Å²) in [6, 6.07) is 0.800. The summed E-state index contributed by atoms with van der Waals surface area (Å²) in [5.41, 5.74) is 0. The van der Waals surface area contributed by atoms with Crippen LogP contribution in [0.1, 0.15) is 58.3 Å². The Labute approximate surface area is 100 Å². The van der Waals surface area contributed by atoms with Gasteiger partial charge in [-0.3, -0.25) is 4.90 Å². The molecule has 2 heteroatoms. The van der Waals surface area contributed by atoms with E-state index >= 15 is 0 Å². The summed E-state index contributed by atoms with van der Waals surface area (Å²) in [5, 5.41) is 9.95. The van der Waals surface area contributed by atoms with Crippen molar-refractivity contribution in [2.75, 3.05) is 13.1 Å². The van der Waals surface area contributed by atoms with Gasteiger partial charge in [-0.25, -0.2) is 0 Å². The number of piperidine rings is 1. The Morgan fingerprint density at radius 3 is 2.75 bits per heavy atom. The van der Waals surface area contributed by atoms with E-state index in [1.165, 1.54) is 45.1 Å². The summed E-state index contributed by atoms with van der Waals surface area (Å²) in [4.78, 5) is 2.59. The van der Waals surface area contributed by atoms with Gasteiger partial charge in [0.05, 0.1) is 6.10 Å². The highest BCUT2D eigenvalue weighted by molar-refractivity contribution is 4.88.